The molecule has 0 spiro atoms. The number of allylic oxidation sites excluding steroid dienone is 1. The fourth-order valence-electron chi connectivity index (χ4n) is 2.07. The lowest BCUT2D eigenvalue weighted by Gasteiger charge is -2.04. The molecule has 0 bridgehead atoms. The molecule has 0 atom stereocenters. The van der Waals surface area contributed by atoms with Crippen molar-refractivity contribution in [3.05, 3.63) is 23.5 Å². The zero-order valence-corrected chi connectivity index (χ0v) is 12.7. The first kappa shape index (κ1) is 14.3. The topological polar surface area (TPSA) is 103 Å². The number of aromatic hydroxyl groups is 1. The first-order valence-corrected chi connectivity index (χ1v) is 7.66. The van der Waals surface area contributed by atoms with Crippen LogP contribution in [0.3, 0.4) is 0 Å². The Bertz CT molecular complexity index is 810. The standard InChI is InChI=1S/C14H13N5O2S/c1-7(20)17-9-4-10-8(5-15-12(10)16-6-9)3-11-13(21)19-14(18-11)22-2/h3-6,21H,1-2H3,(H,17,20)(H,18,19). The van der Waals surface area contributed by atoms with E-state index in [2.05, 4.69) is 25.3 Å². The number of imidazole rings is 1. The summed E-state index contributed by atoms with van der Waals surface area (Å²) < 4.78 is 0. The number of aromatic nitrogens is 3. The smallest absolute Gasteiger partial charge is 0.237 e. The maximum absolute atomic E-state index is 11.1. The van der Waals surface area contributed by atoms with Crippen LogP contribution in [0, 0.1) is 0 Å². The second-order valence-electron chi connectivity index (χ2n) is 4.62. The number of rotatable bonds is 3. The number of fused-ring (bicyclic) bond motifs is 1. The van der Waals surface area contributed by atoms with E-state index in [1.807, 2.05) is 6.26 Å². The summed E-state index contributed by atoms with van der Waals surface area (Å²) in [7, 11) is 0. The fourth-order valence-corrected chi connectivity index (χ4v) is 2.46. The zero-order chi connectivity index (χ0) is 15.7. The first-order chi connectivity index (χ1) is 10.6. The summed E-state index contributed by atoms with van der Waals surface area (Å²) in [5.74, 6) is 0.344. The van der Waals surface area contributed by atoms with Crippen molar-refractivity contribution in [2.75, 3.05) is 11.6 Å². The minimum Gasteiger partial charge on any atom is -0.492 e. The van der Waals surface area contributed by atoms with E-state index in [0.29, 0.717) is 22.4 Å². The lowest BCUT2D eigenvalue weighted by Crippen LogP contribution is -2.06. The van der Waals surface area contributed by atoms with Crippen molar-refractivity contribution in [1.29, 1.82) is 0 Å². The number of hydrogen-bond acceptors (Lipinski definition) is 6. The van der Waals surface area contributed by atoms with Crippen molar-refractivity contribution in [2.24, 2.45) is 4.99 Å². The molecule has 1 aliphatic heterocycles. The molecule has 0 unspecified atom stereocenters. The second kappa shape index (κ2) is 5.64. The highest BCUT2D eigenvalue weighted by atomic mass is 32.2. The fraction of sp³-hybridized carbons (Fsp3) is 0.143. The van der Waals surface area contributed by atoms with Gasteiger partial charge in [-0.2, -0.15) is 4.98 Å². The number of carbonyl (C=O) groups is 1. The van der Waals surface area contributed by atoms with Crippen molar-refractivity contribution in [1.82, 2.24) is 15.0 Å². The van der Waals surface area contributed by atoms with Crippen molar-refractivity contribution in [2.45, 2.75) is 12.1 Å². The van der Waals surface area contributed by atoms with E-state index in [4.69, 9.17) is 0 Å². The summed E-state index contributed by atoms with van der Waals surface area (Å²) in [5, 5.41) is 13.1. The van der Waals surface area contributed by atoms with Crippen LogP contribution in [-0.2, 0) is 4.79 Å². The van der Waals surface area contributed by atoms with Gasteiger partial charge in [-0.3, -0.25) is 4.79 Å². The number of amides is 1. The molecule has 0 aromatic carbocycles. The first-order valence-electron chi connectivity index (χ1n) is 6.43. The van der Waals surface area contributed by atoms with E-state index in [1.54, 1.807) is 24.6 Å². The van der Waals surface area contributed by atoms with E-state index in [9.17, 15) is 9.90 Å². The molecule has 1 amide bonds. The largest absolute Gasteiger partial charge is 0.492 e. The third kappa shape index (κ3) is 2.73. The minimum atomic E-state index is -0.165. The molecule has 0 radical (unpaired) electrons. The Morgan fingerprint density at radius 3 is 3.00 bits per heavy atom. The predicted molar refractivity (Wildman–Crippen MR) is 86.6 cm³/mol. The van der Waals surface area contributed by atoms with Crippen LogP contribution in [0.2, 0.25) is 0 Å². The Morgan fingerprint density at radius 2 is 2.32 bits per heavy atom. The third-order valence-electron chi connectivity index (χ3n) is 3.01. The number of nitrogens with zero attached hydrogens (tertiary/aromatic N) is 3. The molecule has 8 heteroatoms. The highest BCUT2D eigenvalue weighted by Crippen LogP contribution is 2.33. The molecule has 0 fully saturated rings. The zero-order valence-electron chi connectivity index (χ0n) is 11.9. The average Bonchev–Trinajstić information content (AvgIpc) is 3.03. The van der Waals surface area contributed by atoms with E-state index >= 15 is 0 Å². The molecular weight excluding hydrogens is 302 g/mol. The number of aromatic amines is 1. The van der Waals surface area contributed by atoms with Gasteiger partial charge in [0.25, 0.3) is 0 Å². The number of H-pyrrole nitrogens is 1. The SMILES string of the molecule is CSc1nc(O)c(C=C2C=Nc3ncc(NC(C)=O)cc32)[nH]1. The van der Waals surface area contributed by atoms with Crippen LogP contribution in [-0.4, -0.2) is 38.4 Å². The maximum Gasteiger partial charge on any atom is 0.237 e. The monoisotopic (exact) mass is 315 g/mol. The van der Waals surface area contributed by atoms with E-state index < -0.39 is 0 Å². The Hall–Kier alpha value is -2.61. The predicted octanol–water partition coefficient (Wildman–Crippen LogP) is 2.45. The number of pyridine rings is 1. The molecule has 3 N–H and O–H groups in total. The molecule has 3 heterocycles. The number of carbonyl (C=O) groups excluding carboxylic acids is 1. The Labute approximate surface area is 130 Å². The van der Waals surface area contributed by atoms with E-state index in [0.717, 1.165) is 11.1 Å². The van der Waals surface area contributed by atoms with Gasteiger partial charge in [0.1, 0.15) is 5.69 Å². The molecule has 22 heavy (non-hydrogen) atoms. The molecule has 112 valence electrons. The van der Waals surface area contributed by atoms with Gasteiger partial charge in [0.15, 0.2) is 11.0 Å². The van der Waals surface area contributed by atoms with Crippen molar-refractivity contribution < 1.29 is 9.90 Å². The number of nitrogens with one attached hydrogen (secondary N) is 2. The maximum atomic E-state index is 11.1. The van der Waals surface area contributed by atoms with Gasteiger partial charge in [0.05, 0.1) is 11.9 Å². The number of thioether (sulfide) groups is 1. The summed E-state index contributed by atoms with van der Waals surface area (Å²) in [6.45, 7) is 1.44. The van der Waals surface area contributed by atoms with Gasteiger partial charge in [-0.15, -0.1) is 0 Å². The van der Waals surface area contributed by atoms with Gasteiger partial charge >= 0.3 is 0 Å². The van der Waals surface area contributed by atoms with E-state index in [1.165, 1.54) is 18.7 Å². The van der Waals surface area contributed by atoms with Gasteiger partial charge in [-0.1, -0.05) is 11.8 Å². The number of aliphatic imine (C=N–C) groups is 1. The summed E-state index contributed by atoms with van der Waals surface area (Å²) in [4.78, 5) is 26.5. The van der Waals surface area contributed by atoms with E-state index in [-0.39, 0.29) is 11.8 Å². The van der Waals surface area contributed by atoms with Gasteiger partial charge in [-0.05, 0) is 18.4 Å². The molecule has 0 aliphatic carbocycles. The summed E-state index contributed by atoms with van der Waals surface area (Å²) in [5.41, 5.74) is 2.66. The number of anilines is 1. The quantitative estimate of drug-likeness (QED) is 0.755. The molecular formula is C14H13N5O2S. The van der Waals surface area contributed by atoms with Crippen LogP contribution < -0.4 is 5.32 Å². The molecule has 2 aromatic heterocycles. The Morgan fingerprint density at radius 1 is 1.50 bits per heavy atom. The van der Waals surface area contributed by atoms with Crippen LogP contribution in [0.4, 0.5) is 11.5 Å². The molecule has 1 aliphatic rings. The lowest BCUT2D eigenvalue weighted by atomic mass is 10.1. The van der Waals surface area contributed by atoms with Crippen LogP contribution in [0.5, 0.6) is 5.88 Å². The van der Waals surface area contributed by atoms with Gasteiger partial charge < -0.3 is 15.4 Å². The van der Waals surface area contributed by atoms with Crippen LogP contribution in [0.1, 0.15) is 18.2 Å². The Kier molecular flexibility index (Phi) is 3.68. The summed E-state index contributed by atoms with van der Waals surface area (Å²) in [6.07, 6.45) is 6.83. The highest BCUT2D eigenvalue weighted by Gasteiger charge is 2.16. The van der Waals surface area contributed by atoms with Gasteiger partial charge in [-0.25, -0.2) is 9.98 Å². The van der Waals surface area contributed by atoms with Crippen molar-refractivity contribution >= 4 is 47.0 Å². The molecule has 2 aromatic rings. The third-order valence-corrected chi connectivity index (χ3v) is 3.59. The minimum absolute atomic E-state index is 0.0651. The summed E-state index contributed by atoms with van der Waals surface area (Å²) >= 11 is 1.41. The van der Waals surface area contributed by atoms with Crippen LogP contribution >= 0.6 is 11.8 Å². The van der Waals surface area contributed by atoms with Crippen LogP contribution in [0.15, 0.2) is 22.4 Å². The average molecular weight is 315 g/mol. The molecule has 3 rings (SSSR count). The summed E-state index contributed by atoms with van der Waals surface area (Å²) in [6, 6.07) is 1.80. The highest BCUT2D eigenvalue weighted by molar-refractivity contribution is 7.98. The second-order valence-corrected chi connectivity index (χ2v) is 5.41. The molecule has 0 saturated carbocycles. The van der Waals surface area contributed by atoms with Crippen molar-refractivity contribution in [3.63, 3.8) is 0 Å². The van der Waals surface area contributed by atoms with Gasteiger partial charge in [0, 0.05) is 24.3 Å². The van der Waals surface area contributed by atoms with Crippen LogP contribution in [0.25, 0.3) is 11.6 Å². The van der Waals surface area contributed by atoms with Crippen molar-refractivity contribution in [3.8, 4) is 5.88 Å². The molecule has 0 saturated heterocycles. The Balaban J connectivity index is 1.98. The van der Waals surface area contributed by atoms with Gasteiger partial charge in [0.2, 0.25) is 11.8 Å². The normalized spacial score (nSPS) is 14.4. The number of hydrogen-bond donors (Lipinski definition) is 3. The lowest BCUT2D eigenvalue weighted by molar-refractivity contribution is -0.114. The molecule has 7 nitrogen and oxygen atoms in total.